The predicted octanol–water partition coefficient (Wildman–Crippen LogP) is 1.43. The Kier molecular flexibility index (Phi) is 4.25. The summed E-state index contributed by atoms with van der Waals surface area (Å²) in [6.45, 7) is 0.888. The van der Waals surface area contributed by atoms with Gasteiger partial charge in [0.05, 0.1) is 0 Å². The minimum atomic E-state index is -3.65. The lowest BCUT2D eigenvalue weighted by atomic mass is 9.94. The average Bonchev–Trinajstić information content (AvgIpc) is 2.95. The highest BCUT2D eigenvalue weighted by molar-refractivity contribution is 7.86. The van der Waals surface area contributed by atoms with Gasteiger partial charge in [0.1, 0.15) is 6.04 Å². The molecule has 6 nitrogen and oxygen atoms in total. The van der Waals surface area contributed by atoms with Crippen LogP contribution >= 0.6 is 0 Å². The first-order valence-electron chi connectivity index (χ1n) is 8.03. The summed E-state index contributed by atoms with van der Waals surface area (Å²) in [6, 6.07) is -0.786. The Bertz CT molecular complexity index is 507. The molecule has 3 rings (SSSR count). The molecular formula is C14H24N2O4S. The molecule has 0 aromatic heterocycles. The lowest BCUT2D eigenvalue weighted by Gasteiger charge is -2.42. The molecule has 0 spiro atoms. The predicted molar refractivity (Wildman–Crippen MR) is 78.0 cm³/mol. The maximum absolute atomic E-state index is 13.0. The summed E-state index contributed by atoms with van der Waals surface area (Å²) in [5, 5.41) is 9.33. The molecular weight excluding hydrogens is 292 g/mol. The molecule has 1 aliphatic carbocycles. The van der Waals surface area contributed by atoms with E-state index in [2.05, 4.69) is 0 Å². The molecule has 2 heterocycles. The molecule has 1 saturated carbocycles. The Balaban J connectivity index is 1.86. The van der Waals surface area contributed by atoms with Crippen LogP contribution in [0.4, 0.5) is 0 Å². The van der Waals surface area contributed by atoms with E-state index in [1.165, 1.54) is 4.31 Å². The molecule has 3 fully saturated rings. The number of fused-ring (bicyclic) bond motifs is 1. The van der Waals surface area contributed by atoms with Crippen LogP contribution < -0.4 is 0 Å². The first-order valence-corrected chi connectivity index (χ1v) is 9.43. The lowest BCUT2D eigenvalue weighted by Crippen LogP contribution is -2.57. The summed E-state index contributed by atoms with van der Waals surface area (Å²) in [6.07, 6.45) is 7.10. The summed E-state index contributed by atoms with van der Waals surface area (Å²) >= 11 is 0. The van der Waals surface area contributed by atoms with E-state index < -0.39 is 22.2 Å². The van der Waals surface area contributed by atoms with Crippen molar-refractivity contribution >= 4 is 16.2 Å². The smallest absolute Gasteiger partial charge is 0.322 e. The molecule has 21 heavy (non-hydrogen) atoms. The van der Waals surface area contributed by atoms with Crippen molar-refractivity contribution in [1.82, 2.24) is 8.61 Å². The van der Waals surface area contributed by atoms with Crippen molar-refractivity contribution in [2.45, 2.75) is 63.5 Å². The summed E-state index contributed by atoms with van der Waals surface area (Å²) in [5.74, 6) is -0.542. The third kappa shape index (κ3) is 2.71. The molecule has 7 heteroatoms. The number of hydrogen-bond donors (Lipinski definition) is 1. The van der Waals surface area contributed by atoms with E-state index in [1.807, 2.05) is 0 Å². The summed E-state index contributed by atoms with van der Waals surface area (Å²) in [7, 11) is -3.65. The number of carboxylic acid groups (broad SMARTS) is 1. The number of piperidine rings is 2. The number of carbonyl (C=O) groups is 1. The second kappa shape index (κ2) is 5.85. The van der Waals surface area contributed by atoms with Crippen LogP contribution in [0.5, 0.6) is 0 Å². The highest BCUT2D eigenvalue weighted by Crippen LogP contribution is 2.39. The fourth-order valence-corrected chi connectivity index (χ4v) is 6.38. The van der Waals surface area contributed by atoms with Crippen molar-refractivity contribution in [1.29, 1.82) is 0 Å². The Morgan fingerprint density at radius 1 is 0.905 bits per heavy atom. The molecule has 3 aliphatic rings. The first kappa shape index (κ1) is 15.2. The zero-order valence-electron chi connectivity index (χ0n) is 12.3. The second-order valence-corrected chi connectivity index (χ2v) is 8.31. The number of aliphatic carboxylic acids is 1. The average molecular weight is 316 g/mol. The van der Waals surface area contributed by atoms with E-state index in [1.54, 1.807) is 4.31 Å². The van der Waals surface area contributed by atoms with Gasteiger partial charge in [0.2, 0.25) is 0 Å². The van der Waals surface area contributed by atoms with Crippen LogP contribution in [-0.2, 0) is 15.0 Å². The maximum atomic E-state index is 13.0. The molecule has 3 unspecified atom stereocenters. The van der Waals surface area contributed by atoms with Gasteiger partial charge in [0.15, 0.2) is 0 Å². The Hall–Kier alpha value is -0.660. The van der Waals surface area contributed by atoms with Crippen LogP contribution in [0.25, 0.3) is 0 Å². The number of carboxylic acids is 1. The third-order valence-electron chi connectivity index (χ3n) is 5.27. The van der Waals surface area contributed by atoms with Crippen LogP contribution in [0.1, 0.15) is 51.4 Å². The molecule has 2 aliphatic heterocycles. The topological polar surface area (TPSA) is 77.9 Å². The lowest BCUT2D eigenvalue weighted by molar-refractivity contribution is -0.142. The van der Waals surface area contributed by atoms with E-state index in [0.29, 0.717) is 25.4 Å². The Morgan fingerprint density at radius 2 is 1.62 bits per heavy atom. The van der Waals surface area contributed by atoms with Gasteiger partial charge in [-0.15, -0.1) is 0 Å². The fourth-order valence-electron chi connectivity index (χ4n) is 4.26. The third-order valence-corrected chi connectivity index (χ3v) is 7.35. The van der Waals surface area contributed by atoms with E-state index >= 15 is 0 Å². The standard InChI is InChI=1S/C14H24N2O4S/c17-14(18)13-7-1-2-9-16(13)21(19,20)15-10-4-6-11-5-3-8-12(11)15/h11-13H,1-10H2,(H,17,18). The SMILES string of the molecule is O=C(O)C1CCCCN1S(=O)(=O)N1CCCC2CCCC21. The molecule has 1 N–H and O–H groups in total. The highest BCUT2D eigenvalue weighted by Gasteiger charge is 2.46. The van der Waals surface area contributed by atoms with Crippen molar-refractivity contribution in [3.05, 3.63) is 0 Å². The molecule has 3 atom stereocenters. The number of rotatable bonds is 3. The van der Waals surface area contributed by atoms with Crippen molar-refractivity contribution < 1.29 is 18.3 Å². The van der Waals surface area contributed by atoms with E-state index in [9.17, 15) is 18.3 Å². The quantitative estimate of drug-likeness (QED) is 0.854. The van der Waals surface area contributed by atoms with Crippen molar-refractivity contribution in [2.75, 3.05) is 13.1 Å². The Morgan fingerprint density at radius 3 is 2.38 bits per heavy atom. The highest BCUT2D eigenvalue weighted by atomic mass is 32.2. The van der Waals surface area contributed by atoms with Gasteiger partial charge < -0.3 is 5.11 Å². The van der Waals surface area contributed by atoms with E-state index in [-0.39, 0.29) is 6.04 Å². The number of nitrogens with zero attached hydrogens (tertiary/aromatic N) is 2. The molecule has 0 bridgehead atoms. The fraction of sp³-hybridized carbons (Fsp3) is 0.929. The number of hydrogen-bond acceptors (Lipinski definition) is 3. The van der Waals surface area contributed by atoms with Gasteiger partial charge >= 0.3 is 5.97 Å². The maximum Gasteiger partial charge on any atom is 0.322 e. The van der Waals surface area contributed by atoms with Crippen molar-refractivity contribution in [3.63, 3.8) is 0 Å². The van der Waals surface area contributed by atoms with Crippen molar-refractivity contribution in [2.24, 2.45) is 5.92 Å². The Labute approximate surface area is 126 Å². The summed E-state index contributed by atoms with van der Waals surface area (Å²) in [4.78, 5) is 11.4. The van der Waals surface area contributed by atoms with Gasteiger partial charge in [0.25, 0.3) is 10.2 Å². The van der Waals surface area contributed by atoms with Crippen LogP contribution in [-0.4, -0.2) is 53.3 Å². The molecule has 0 aromatic rings. The minimum absolute atomic E-state index is 0.0973. The zero-order chi connectivity index (χ0) is 15.0. The normalized spacial score (nSPS) is 35.5. The molecule has 2 saturated heterocycles. The van der Waals surface area contributed by atoms with Crippen LogP contribution in [0.2, 0.25) is 0 Å². The van der Waals surface area contributed by atoms with E-state index in [0.717, 1.165) is 44.9 Å². The molecule has 0 aromatic carbocycles. The van der Waals surface area contributed by atoms with Crippen LogP contribution in [0, 0.1) is 5.92 Å². The minimum Gasteiger partial charge on any atom is -0.480 e. The summed E-state index contributed by atoms with van der Waals surface area (Å²) in [5.41, 5.74) is 0. The monoisotopic (exact) mass is 316 g/mol. The van der Waals surface area contributed by atoms with Crippen molar-refractivity contribution in [3.8, 4) is 0 Å². The first-order chi connectivity index (χ1) is 10.0. The summed E-state index contributed by atoms with van der Waals surface area (Å²) < 4.78 is 28.8. The largest absolute Gasteiger partial charge is 0.480 e. The van der Waals surface area contributed by atoms with Gasteiger partial charge in [-0.2, -0.15) is 17.0 Å². The van der Waals surface area contributed by atoms with Gasteiger partial charge in [-0.1, -0.05) is 6.42 Å². The second-order valence-electron chi connectivity index (χ2n) is 6.48. The van der Waals surface area contributed by atoms with E-state index in [4.69, 9.17) is 0 Å². The molecule has 0 radical (unpaired) electrons. The van der Waals surface area contributed by atoms with Gasteiger partial charge in [-0.05, 0) is 50.9 Å². The zero-order valence-corrected chi connectivity index (χ0v) is 13.1. The van der Waals surface area contributed by atoms with Gasteiger partial charge in [-0.25, -0.2) is 0 Å². The van der Waals surface area contributed by atoms with Gasteiger partial charge in [0, 0.05) is 19.1 Å². The van der Waals surface area contributed by atoms with Crippen LogP contribution in [0.15, 0.2) is 0 Å². The van der Waals surface area contributed by atoms with Gasteiger partial charge in [-0.3, -0.25) is 4.79 Å². The molecule has 0 amide bonds. The molecule has 120 valence electrons. The van der Waals surface area contributed by atoms with Crippen LogP contribution in [0.3, 0.4) is 0 Å².